The lowest BCUT2D eigenvalue weighted by atomic mass is 9.89. The first-order valence-electron chi connectivity index (χ1n) is 8.60. The van der Waals surface area contributed by atoms with Crippen molar-refractivity contribution >= 4 is 11.6 Å². The Morgan fingerprint density at radius 1 is 1.32 bits per heavy atom. The van der Waals surface area contributed by atoms with E-state index >= 15 is 0 Å². The van der Waals surface area contributed by atoms with Gasteiger partial charge in [0.1, 0.15) is 18.0 Å². The van der Waals surface area contributed by atoms with Crippen molar-refractivity contribution in [1.29, 1.82) is 0 Å². The van der Waals surface area contributed by atoms with Crippen LogP contribution in [0.25, 0.3) is 0 Å². The number of nitrogens with zero attached hydrogens (tertiary/aromatic N) is 3. The Bertz CT molecular complexity index is 487. The number of hydrogen-bond donors (Lipinski definition) is 2. The van der Waals surface area contributed by atoms with Gasteiger partial charge in [0.15, 0.2) is 0 Å². The van der Waals surface area contributed by atoms with Crippen molar-refractivity contribution in [3.8, 4) is 0 Å². The highest BCUT2D eigenvalue weighted by Crippen LogP contribution is 2.37. The minimum absolute atomic E-state index is 0.269. The first-order chi connectivity index (χ1) is 10.7. The highest BCUT2D eigenvalue weighted by molar-refractivity contribution is 5.48. The molecule has 0 aromatic carbocycles. The van der Waals surface area contributed by atoms with Gasteiger partial charge >= 0.3 is 0 Å². The highest BCUT2D eigenvalue weighted by atomic mass is 16.3. The second kappa shape index (κ2) is 6.82. The molecule has 0 amide bonds. The van der Waals surface area contributed by atoms with Gasteiger partial charge in [-0.05, 0) is 37.0 Å². The molecule has 2 N–H and O–H groups in total. The SMILES string of the molecule is CC1(CNc2cc(N3CCCC(CO)C3)ncn2)CCCC1. The quantitative estimate of drug-likeness (QED) is 0.876. The van der Waals surface area contributed by atoms with Crippen molar-refractivity contribution in [2.24, 2.45) is 11.3 Å². The van der Waals surface area contributed by atoms with E-state index in [1.165, 1.54) is 25.7 Å². The zero-order chi connectivity index (χ0) is 15.4. The molecule has 1 aromatic rings. The number of aromatic nitrogens is 2. The van der Waals surface area contributed by atoms with Crippen LogP contribution in [-0.2, 0) is 0 Å². The summed E-state index contributed by atoms with van der Waals surface area (Å²) >= 11 is 0. The van der Waals surface area contributed by atoms with Gasteiger partial charge in [-0.1, -0.05) is 19.8 Å². The Morgan fingerprint density at radius 2 is 2.14 bits per heavy atom. The van der Waals surface area contributed by atoms with Crippen LogP contribution < -0.4 is 10.2 Å². The predicted molar refractivity (Wildman–Crippen MR) is 89.1 cm³/mol. The summed E-state index contributed by atoms with van der Waals surface area (Å²) in [6.45, 7) is 5.54. The van der Waals surface area contributed by atoms with Crippen LogP contribution in [-0.4, -0.2) is 41.3 Å². The maximum atomic E-state index is 9.37. The van der Waals surface area contributed by atoms with Crippen LogP contribution in [0.1, 0.15) is 45.4 Å². The summed E-state index contributed by atoms with van der Waals surface area (Å²) in [6, 6.07) is 2.05. The van der Waals surface area contributed by atoms with Crippen LogP contribution in [0.2, 0.25) is 0 Å². The summed E-state index contributed by atoms with van der Waals surface area (Å²) in [5, 5.41) is 12.9. The van der Waals surface area contributed by atoms with Crippen molar-refractivity contribution in [1.82, 2.24) is 9.97 Å². The molecule has 1 aromatic heterocycles. The minimum atomic E-state index is 0.269. The third-order valence-electron chi connectivity index (χ3n) is 5.26. The summed E-state index contributed by atoms with van der Waals surface area (Å²) < 4.78 is 0. The molecule has 1 saturated carbocycles. The number of anilines is 2. The van der Waals surface area contributed by atoms with Crippen LogP contribution in [0.15, 0.2) is 12.4 Å². The maximum Gasteiger partial charge on any atom is 0.134 e. The average Bonchev–Trinajstić information content (AvgIpc) is 3.00. The minimum Gasteiger partial charge on any atom is -0.396 e. The summed E-state index contributed by atoms with van der Waals surface area (Å²) in [5.74, 6) is 2.27. The first-order valence-corrected chi connectivity index (χ1v) is 8.60. The lowest BCUT2D eigenvalue weighted by molar-refractivity contribution is 0.208. The molecule has 0 radical (unpaired) electrons. The normalized spacial score (nSPS) is 24.5. The fourth-order valence-corrected chi connectivity index (χ4v) is 3.75. The van der Waals surface area contributed by atoms with Crippen LogP contribution in [0.5, 0.6) is 0 Å². The van der Waals surface area contributed by atoms with Crippen molar-refractivity contribution in [3.05, 3.63) is 12.4 Å². The van der Waals surface area contributed by atoms with Gasteiger partial charge in [-0.2, -0.15) is 0 Å². The average molecular weight is 304 g/mol. The molecule has 2 fully saturated rings. The van der Waals surface area contributed by atoms with Gasteiger partial charge in [0.2, 0.25) is 0 Å². The Balaban J connectivity index is 1.62. The molecule has 1 aliphatic heterocycles. The molecule has 1 unspecified atom stereocenters. The number of nitrogens with one attached hydrogen (secondary N) is 1. The van der Waals surface area contributed by atoms with E-state index in [-0.39, 0.29) is 6.61 Å². The van der Waals surface area contributed by atoms with E-state index in [1.54, 1.807) is 6.33 Å². The summed E-state index contributed by atoms with van der Waals surface area (Å²) in [4.78, 5) is 11.1. The topological polar surface area (TPSA) is 61.3 Å². The van der Waals surface area contributed by atoms with Gasteiger partial charge < -0.3 is 15.3 Å². The van der Waals surface area contributed by atoms with Gasteiger partial charge in [0.05, 0.1) is 0 Å². The predicted octanol–water partition coefficient (Wildman–Crippen LogP) is 2.68. The molecular formula is C17H28N4O. The van der Waals surface area contributed by atoms with Crippen molar-refractivity contribution in [2.45, 2.75) is 45.4 Å². The monoisotopic (exact) mass is 304 g/mol. The number of aliphatic hydroxyl groups excluding tert-OH is 1. The van der Waals surface area contributed by atoms with Gasteiger partial charge in [-0.3, -0.25) is 0 Å². The second-order valence-electron chi connectivity index (χ2n) is 7.27. The summed E-state index contributed by atoms with van der Waals surface area (Å²) in [7, 11) is 0. The van der Waals surface area contributed by atoms with E-state index in [4.69, 9.17) is 0 Å². The fraction of sp³-hybridized carbons (Fsp3) is 0.765. The standard InChI is InChI=1S/C17H28N4O/c1-17(6-2-3-7-17)12-18-15-9-16(20-13-19-15)21-8-4-5-14(10-21)11-22/h9,13-14,22H,2-8,10-12H2,1H3,(H,18,19,20). The van der Waals surface area contributed by atoms with E-state index in [9.17, 15) is 5.11 Å². The molecule has 5 heteroatoms. The molecule has 22 heavy (non-hydrogen) atoms. The molecule has 2 aliphatic rings. The van der Waals surface area contributed by atoms with Gasteiger partial charge in [0.25, 0.3) is 0 Å². The molecular weight excluding hydrogens is 276 g/mol. The number of aliphatic hydroxyl groups is 1. The smallest absolute Gasteiger partial charge is 0.134 e. The van der Waals surface area contributed by atoms with E-state index in [0.29, 0.717) is 11.3 Å². The van der Waals surface area contributed by atoms with Crippen LogP contribution in [0, 0.1) is 11.3 Å². The molecule has 1 atom stereocenters. The molecule has 5 nitrogen and oxygen atoms in total. The zero-order valence-electron chi connectivity index (χ0n) is 13.6. The maximum absolute atomic E-state index is 9.37. The Hall–Kier alpha value is -1.36. The van der Waals surface area contributed by atoms with Crippen LogP contribution in [0.4, 0.5) is 11.6 Å². The third-order valence-corrected chi connectivity index (χ3v) is 5.26. The van der Waals surface area contributed by atoms with Crippen LogP contribution >= 0.6 is 0 Å². The van der Waals surface area contributed by atoms with E-state index in [0.717, 1.165) is 44.1 Å². The summed E-state index contributed by atoms with van der Waals surface area (Å²) in [5.41, 5.74) is 0.415. The number of hydrogen-bond acceptors (Lipinski definition) is 5. The van der Waals surface area contributed by atoms with Gasteiger partial charge in [-0.25, -0.2) is 9.97 Å². The van der Waals surface area contributed by atoms with Crippen molar-refractivity contribution in [2.75, 3.05) is 36.5 Å². The molecule has 0 spiro atoms. The number of piperidine rings is 1. The second-order valence-corrected chi connectivity index (χ2v) is 7.27. The largest absolute Gasteiger partial charge is 0.396 e. The number of rotatable bonds is 5. The Morgan fingerprint density at radius 3 is 2.91 bits per heavy atom. The summed E-state index contributed by atoms with van der Waals surface area (Å²) in [6.07, 6.45) is 9.20. The van der Waals surface area contributed by atoms with E-state index in [1.807, 2.05) is 0 Å². The first kappa shape index (κ1) is 15.5. The Kier molecular flexibility index (Phi) is 4.81. The zero-order valence-corrected chi connectivity index (χ0v) is 13.6. The lowest BCUT2D eigenvalue weighted by Gasteiger charge is -2.32. The van der Waals surface area contributed by atoms with Gasteiger partial charge in [-0.15, -0.1) is 0 Å². The van der Waals surface area contributed by atoms with E-state index < -0.39 is 0 Å². The molecule has 122 valence electrons. The highest BCUT2D eigenvalue weighted by Gasteiger charge is 2.28. The molecule has 0 bridgehead atoms. The molecule has 1 aliphatic carbocycles. The Labute approximate surface area is 133 Å². The molecule has 2 heterocycles. The third kappa shape index (κ3) is 3.69. The fourth-order valence-electron chi connectivity index (χ4n) is 3.75. The van der Waals surface area contributed by atoms with E-state index in [2.05, 4.69) is 33.2 Å². The van der Waals surface area contributed by atoms with Crippen molar-refractivity contribution in [3.63, 3.8) is 0 Å². The van der Waals surface area contributed by atoms with Gasteiger partial charge in [0, 0.05) is 32.3 Å². The molecule has 1 saturated heterocycles. The van der Waals surface area contributed by atoms with Crippen molar-refractivity contribution < 1.29 is 5.11 Å². The molecule has 3 rings (SSSR count). The van der Waals surface area contributed by atoms with Crippen LogP contribution in [0.3, 0.4) is 0 Å². The lowest BCUT2D eigenvalue weighted by Crippen LogP contribution is -2.37.